The van der Waals surface area contributed by atoms with Crippen LogP contribution in [0.15, 0.2) is 43.0 Å². The lowest BCUT2D eigenvalue weighted by Gasteiger charge is -2.50. The van der Waals surface area contributed by atoms with Gasteiger partial charge in [-0.2, -0.15) is 0 Å². The topological polar surface area (TPSA) is 44.4 Å². The first kappa shape index (κ1) is 14.1. The fourth-order valence-electron chi connectivity index (χ4n) is 3.62. The number of hydrazine groups is 1. The van der Waals surface area contributed by atoms with Gasteiger partial charge in [0.1, 0.15) is 0 Å². The zero-order valence-corrected chi connectivity index (χ0v) is 12.3. The van der Waals surface area contributed by atoms with E-state index in [9.17, 15) is 4.79 Å². The highest BCUT2D eigenvalue weighted by Gasteiger charge is 2.45. The number of nitrogens with zero attached hydrogens (tertiary/aromatic N) is 1. The van der Waals surface area contributed by atoms with Crippen LogP contribution in [0.4, 0.5) is 10.5 Å². The number of urea groups is 1. The summed E-state index contributed by atoms with van der Waals surface area (Å²) in [7, 11) is 0. The number of benzene rings is 1. The number of hydrogen-bond donors (Lipinski definition) is 2. The van der Waals surface area contributed by atoms with Gasteiger partial charge in [0, 0.05) is 6.54 Å². The summed E-state index contributed by atoms with van der Waals surface area (Å²) in [6, 6.07) is 9.70. The van der Waals surface area contributed by atoms with Gasteiger partial charge in [0.25, 0.3) is 0 Å². The van der Waals surface area contributed by atoms with Crippen molar-refractivity contribution in [1.82, 2.24) is 10.7 Å². The molecule has 4 nitrogen and oxygen atoms in total. The van der Waals surface area contributed by atoms with Crippen molar-refractivity contribution in [3.05, 3.63) is 43.0 Å². The number of allylic oxidation sites excluding steroid dienone is 1. The number of carbonyl (C=O) groups is 1. The van der Waals surface area contributed by atoms with Gasteiger partial charge < -0.3 is 5.32 Å². The van der Waals surface area contributed by atoms with Crippen molar-refractivity contribution in [2.45, 2.75) is 37.6 Å². The normalized spacial score (nSPS) is 29.2. The van der Waals surface area contributed by atoms with Gasteiger partial charge in [0.05, 0.1) is 11.2 Å². The predicted octanol–water partition coefficient (Wildman–Crippen LogP) is 3.23. The van der Waals surface area contributed by atoms with Crippen molar-refractivity contribution in [2.75, 3.05) is 11.6 Å². The summed E-state index contributed by atoms with van der Waals surface area (Å²) in [6.07, 6.45) is 7.75. The van der Waals surface area contributed by atoms with Gasteiger partial charge in [-0.3, -0.25) is 0 Å². The highest BCUT2D eigenvalue weighted by Crippen LogP contribution is 2.38. The van der Waals surface area contributed by atoms with Crippen LogP contribution in [0.5, 0.6) is 0 Å². The molecular formula is C17H23N3O. The highest BCUT2D eigenvalue weighted by molar-refractivity contribution is 5.92. The Bertz CT molecular complexity index is 516. The van der Waals surface area contributed by atoms with Crippen LogP contribution in [0.2, 0.25) is 0 Å². The van der Waals surface area contributed by atoms with Crippen LogP contribution in [0.1, 0.15) is 32.1 Å². The van der Waals surface area contributed by atoms with Crippen molar-refractivity contribution in [3.63, 3.8) is 0 Å². The third kappa shape index (κ3) is 2.68. The maximum Gasteiger partial charge on any atom is 0.336 e. The van der Waals surface area contributed by atoms with Gasteiger partial charge in [-0.15, -0.1) is 6.58 Å². The molecule has 3 rings (SSSR count). The Balaban J connectivity index is 1.87. The molecule has 1 spiro atoms. The third-order valence-electron chi connectivity index (χ3n) is 4.77. The molecule has 1 heterocycles. The van der Waals surface area contributed by atoms with Gasteiger partial charge in [-0.05, 0) is 37.3 Å². The molecule has 112 valence electrons. The summed E-state index contributed by atoms with van der Waals surface area (Å²) in [4.78, 5) is 12.2. The highest BCUT2D eigenvalue weighted by atomic mass is 16.2. The molecule has 1 saturated heterocycles. The molecule has 1 aliphatic heterocycles. The van der Waals surface area contributed by atoms with E-state index < -0.39 is 0 Å². The average molecular weight is 285 g/mol. The predicted molar refractivity (Wildman–Crippen MR) is 85.0 cm³/mol. The van der Waals surface area contributed by atoms with Crippen molar-refractivity contribution >= 4 is 11.7 Å². The Hall–Kier alpha value is -1.81. The Morgan fingerprint density at radius 1 is 1.33 bits per heavy atom. The van der Waals surface area contributed by atoms with Crippen LogP contribution in [0, 0.1) is 5.92 Å². The lowest BCUT2D eigenvalue weighted by Crippen LogP contribution is -2.72. The molecule has 2 amide bonds. The van der Waals surface area contributed by atoms with Gasteiger partial charge >= 0.3 is 6.03 Å². The molecule has 21 heavy (non-hydrogen) atoms. The molecule has 0 bridgehead atoms. The fraction of sp³-hybridized carbons (Fsp3) is 0.471. The quantitative estimate of drug-likeness (QED) is 0.837. The number of nitrogens with one attached hydrogen (secondary N) is 2. The minimum Gasteiger partial charge on any atom is -0.335 e. The monoisotopic (exact) mass is 285 g/mol. The average Bonchev–Trinajstić information content (AvgIpc) is 2.53. The van der Waals surface area contributed by atoms with Crippen molar-refractivity contribution in [1.29, 1.82) is 0 Å². The minimum absolute atomic E-state index is 0.0454. The largest absolute Gasteiger partial charge is 0.336 e. The summed E-state index contributed by atoms with van der Waals surface area (Å²) >= 11 is 0. The Morgan fingerprint density at radius 2 is 2.14 bits per heavy atom. The third-order valence-corrected chi connectivity index (χ3v) is 4.77. The zero-order chi connectivity index (χ0) is 14.7. The first-order valence-corrected chi connectivity index (χ1v) is 7.77. The molecule has 2 aliphatic rings. The van der Waals surface area contributed by atoms with E-state index in [-0.39, 0.29) is 11.6 Å². The van der Waals surface area contributed by atoms with Gasteiger partial charge in [-0.1, -0.05) is 37.1 Å². The first-order valence-electron chi connectivity index (χ1n) is 7.77. The second kappa shape index (κ2) is 5.90. The lowest BCUT2D eigenvalue weighted by atomic mass is 9.71. The summed E-state index contributed by atoms with van der Waals surface area (Å²) < 4.78 is 0. The molecule has 1 aliphatic carbocycles. The molecule has 1 aromatic carbocycles. The number of hydrogen-bond acceptors (Lipinski definition) is 2. The Morgan fingerprint density at radius 3 is 2.90 bits per heavy atom. The Kier molecular flexibility index (Phi) is 3.97. The molecular weight excluding hydrogens is 262 g/mol. The molecule has 2 atom stereocenters. The molecule has 4 heteroatoms. The van der Waals surface area contributed by atoms with E-state index in [1.54, 1.807) is 5.01 Å². The summed E-state index contributed by atoms with van der Waals surface area (Å²) in [5.74, 6) is 0.524. The smallest absolute Gasteiger partial charge is 0.335 e. The maximum absolute atomic E-state index is 12.2. The minimum atomic E-state index is -0.0743. The molecule has 1 saturated carbocycles. The molecule has 2 N–H and O–H groups in total. The van der Waals surface area contributed by atoms with E-state index >= 15 is 0 Å². The van der Waals surface area contributed by atoms with Gasteiger partial charge in [-0.25, -0.2) is 15.2 Å². The lowest BCUT2D eigenvalue weighted by molar-refractivity contribution is 0.121. The molecule has 0 radical (unpaired) electrons. The van der Waals surface area contributed by atoms with Gasteiger partial charge in [0.15, 0.2) is 0 Å². The van der Waals surface area contributed by atoms with E-state index in [4.69, 9.17) is 0 Å². The van der Waals surface area contributed by atoms with E-state index in [1.165, 1.54) is 19.3 Å². The first-order chi connectivity index (χ1) is 10.2. The number of carbonyl (C=O) groups excluding carboxylic acids is 1. The van der Waals surface area contributed by atoms with E-state index in [1.807, 2.05) is 36.4 Å². The van der Waals surface area contributed by atoms with E-state index in [0.29, 0.717) is 12.5 Å². The molecule has 2 fully saturated rings. The van der Waals surface area contributed by atoms with Crippen LogP contribution in [-0.2, 0) is 0 Å². The van der Waals surface area contributed by atoms with Crippen LogP contribution >= 0.6 is 0 Å². The fourth-order valence-corrected chi connectivity index (χ4v) is 3.62. The molecule has 0 aromatic heterocycles. The zero-order valence-electron chi connectivity index (χ0n) is 12.3. The maximum atomic E-state index is 12.2. The van der Waals surface area contributed by atoms with Gasteiger partial charge in [0.2, 0.25) is 0 Å². The van der Waals surface area contributed by atoms with Crippen LogP contribution in [0.25, 0.3) is 0 Å². The van der Waals surface area contributed by atoms with E-state index in [2.05, 4.69) is 17.3 Å². The molecule has 1 aromatic rings. The number of anilines is 1. The Labute approximate surface area is 126 Å². The second-order valence-corrected chi connectivity index (χ2v) is 6.06. The SMILES string of the molecule is C=CC[C@H]1CCCC[C@@]12CNC(=O)N(c1ccccc1)N2. The summed E-state index contributed by atoms with van der Waals surface area (Å²) in [6.45, 7) is 4.60. The van der Waals surface area contributed by atoms with Crippen molar-refractivity contribution in [2.24, 2.45) is 5.92 Å². The second-order valence-electron chi connectivity index (χ2n) is 6.06. The summed E-state index contributed by atoms with van der Waals surface area (Å²) in [5.41, 5.74) is 4.38. The van der Waals surface area contributed by atoms with Crippen molar-refractivity contribution < 1.29 is 4.79 Å². The van der Waals surface area contributed by atoms with Crippen LogP contribution < -0.4 is 15.8 Å². The number of para-hydroxylation sites is 1. The number of rotatable bonds is 3. The standard InChI is InChI=1S/C17H23N3O/c1-2-8-14-9-6-7-12-17(14)13-18-16(21)20(19-17)15-10-4-3-5-11-15/h2-5,10-11,14,19H,1,6-9,12-13H2,(H,18,21)/t14-,17+/m0/s1. The van der Waals surface area contributed by atoms with Crippen LogP contribution in [-0.4, -0.2) is 18.1 Å². The number of amides is 2. The molecule has 0 unspecified atom stereocenters. The van der Waals surface area contributed by atoms with E-state index in [0.717, 1.165) is 18.5 Å². The summed E-state index contributed by atoms with van der Waals surface area (Å²) in [5, 5.41) is 4.74. The van der Waals surface area contributed by atoms with Crippen LogP contribution in [0.3, 0.4) is 0 Å². The van der Waals surface area contributed by atoms with Crippen molar-refractivity contribution in [3.8, 4) is 0 Å².